The van der Waals surface area contributed by atoms with Gasteiger partial charge >= 0.3 is 0 Å². The number of thioether (sulfide) groups is 1. The maximum Gasteiger partial charge on any atom is 0.136 e. The minimum Gasteiger partial charge on any atom is -0.383 e. The molecule has 1 aliphatic heterocycles. The van der Waals surface area contributed by atoms with E-state index in [4.69, 9.17) is 5.73 Å². The summed E-state index contributed by atoms with van der Waals surface area (Å²) in [5.41, 5.74) is 6.99. The highest BCUT2D eigenvalue weighted by Crippen LogP contribution is 2.39. The maximum atomic E-state index is 6.00. The Kier molecular flexibility index (Phi) is 3.82. The fourth-order valence-electron chi connectivity index (χ4n) is 2.43. The van der Waals surface area contributed by atoms with E-state index < -0.39 is 0 Å². The van der Waals surface area contributed by atoms with Crippen molar-refractivity contribution in [3.05, 3.63) is 11.4 Å². The quantitative estimate of drug-likeness (QED) is 0.886. The molecule has 2 aliphatic rings. The summed E-state index contributed by atoms with van der Waals surface area (Å²) in [4.78, 5) is 9.08. The van der Waals surface area contributed by atoms with Gasteiger partial charge in [-0.25, -0.2) is 9.97 Å². The van der Waals surface area contributed by atoms with E-state index in [2.05, 4.69) is 27.0 Å². The average Bonchev–Trinajstić information content (AvgIpc) is 3.26. The molecule has 19 heavy (non-hydrogen) atoms. The van der Waals surface area contributed by atoms with Crippen molar-refractivity contribution >= 4 is 23.4 Å². The fraction of sp³-hybridized carbons (Fsp3) is 0.714. The SMILES string of the molecule is Cc1c(N)nc(C2CC2)nc1NCC1CCCCS1. The van der Waals surface area contributed by atoms with Crippen LogP contribution in [0.5, 0.6) is 0 Å². The summed E-state index contributed by atoms with van der Waals surface area (Å²) in [6.07, 6.45) is 6.46. The second-order valence-electron chi connectivity index (χ2n) is 5.58. The smallest absolute Gasteiger partial charge is 0.136 e. The third-order valence-corrected chi connectivity index (χ3v) is 5.31. The zero-order chi connectivity index (χ0) is 13.2. The number of rotatable bonds is 4. The minimum atomic E-state index is 0.549. The molecule has 1 aromatic rings. The van der Waals surface area contributed by atoms with Gasteiger partial charge in [0, 0.05) is 23.3 Å². The molecule has 3 rings (SSSR count). The second kappa shape index (κ2) is 5.57. The van der Waals surface area contributed by atoms with Crippen LogP contribution in [0.3, 0.4) is 0 Å². The first kappa shape index (κ1) is 13.0. The lowest BCUT2D eigenvalue weighted by Gasteiger charge is -2.22. The van der Waals surface area contributed by atoms with Crippen LogP contribution in [-0.4, -0.2) is 27.5 Å². The number of nitrogens with zero attached hydrogens (tertiary/aromatic N) is 2. The van der Waals surface area contributed by atoms with E-state index in [0.717, 1.165) is 23.8 Å². The van der Waals surface area contributed by atoms with Gasteiger partial charge in [0.2, 0.25) is 0 Å². The highest BCUT2D eigenvalue weighted by atomic mass is 32.2. The van der Waals surface area contributed by atoms with Crippen LogP contribution in [0, 0.1) is 6.92 Å². The third kappa shape index (κ3) is 3.14. The van der Waals surface area contributed by atoms with Gasteiger partial charge in [0.1, 0.15) is 17.5 Å². The Morgan fingerprint density at radius 1 is 1.26 bits per heavy atom. The first-order valence-electron chi connectivity index (χ1n) is 7.23. The van der Waals surface area contributed by atoms with Gasteiger partial charge in [0.25, 0.3) is 0 Å². The van der Waals surface area contributed by atoms with Gasteiger partial charge in [-0.2, -0.15) is 11.8 Å². The number of nitrogens with two attached hydrogens (primary N) is 1. The van der Waals surface area contributed by atoms with E-state index in [-0.39, 0.29) is 0 Å². The van der Waals surface area contributed by atoms with Gasteiger partial charge in [-0.3, -0.25) is 0 Å². The lowest BCUT2D eigenvalue weighted by Crippen LogP contribution is -2.21. The van der Waals surface area contributed by atoms with Crippen molar-refractivity contribution < 1.29 is 0 Å². The summed E-state index contributed by atoms with van der Waals surface area (Å²) in [5.74, 6) is 4.36. The first-order chi connectivity index (χ1) is 9.24. The Hall–Kier alpha value is -0.970. The molecule has 1 atom stereocenters. The van der Waals surface area contributed by atoms with Crippen LogP contribution >= 0.6 is 11.8 Å². The topological polar surface area (TPSA) is 63.8 Å². The summed E-state index contributed by atoms with van der Waals surface area (Å²) in [6, 6.07) is 0. The largest absolute Gasteiger partial charge is 0.383 e. The Morgan fingerprint density at radius 3 is 2.79 bits per heavy atom. The molecule has 1 aliphatic carbocycles. The predicted molar refractivity (Wildman–Crippen MR) is 81.7 cm³/mol. The molecule has 1 aromatic heterocycles. The molecule has 104 valence electrons. The molecule has 0 amide bonds. The van der Waals surface area contributed by atoms with Crippen LogP contribution in [0.4, 0.5) is 11.6 Å². The Bertz CT molecular complexity index is 453. The van der Waals surface area contributed by atoms with Crippen LogP contribution in [-0.2, 0) is 0 Å². The van der Waals surface area contributed by atoms with Crippen molar-refractivity contribution in [2.45, 2.75) is 50.2 Å². The molecule has 2 fully saturated rings. The molecule has 3 N–H and O–H groups in total. The van der Waals surface area contributed by atoms with Gasteiger partial charge in [0.05, 0.1) is 0 Å². The maximum absolute atomic E-state index is 6.00. The monoisotopic (exact) mass is 278 g/mol. The Morgan fingerprint density at radius 2 is 2.11 bits per heavy atom. The molecule has 1 saturated heterocycles. The van der Waals surface area contributed by atoms with Crippen LogP contribution in [0.2, 0.25) is 0 Å². The van der Waals surface area contributed by atoms with Crippen molar-refractivity contribution in [3.63, 3.8) is 0 Å². The molecule has 0 bridgehead atoms. The highest BCUT2D eigenvalue weighted by Gasteiger charge is 2.28. The van der Waals surface area contributed by atoms with Gasteiger partial charge < -0.3 is 11.1 Å². The van der Waals surface area contributed by atoms with E-state index in [0.29, 0.717) is 17.0 Å². The van der Waals surface area contributed by atoms with Crippen LogP contribution in [0.15, 0.2) is 0 Å². The average molecular weight is 278 g/mol. The van der Waals surface area contributed by atoms with Gasteiger partial charge in [0.15, 0.2) is 0 Å². The van der Waals surface area contributed by atoms with Crippen molar-refractivity contribution in [1.82, 2.24) is 9.97 Å². The van der Waals surface area contributed by atoms with Crippen molar-refractivity contribution in [2.24, 2.45) is 0 Å². The van der Waals surface area contributed by atoms with E-state index in [1.54, 1.807) is 0 Å². The number of hydrogen-bond donors (Lipinski definition) is 2. The minimum absolute atomic E-state index is 0.549. The number of nitrogen functional groups attached to an aromatic ring is 1. The normalized spacial score (nSPS) is 23.3. The Labute approximate surface area is 119 Å². The summed E-state index contributed by atoms with van der Waals surface area (Å²) < 4.78 is 0. The van der Waals surface area contributed by atoms with Crippen molar-refractivity contribution in [3.8, 4) is 0 Å². The molecule has 0 radical (unpaired) electrons. The lowest BCUT2D eigenvalue weighted by atomic mass is 10.2. The van der Waals surface area contributed by atoms with Gasteiger partial charge in [-0.1, -0.05) is 6.42 Å². The number of nitrogens with one attached hydrogen (secondary N) is 1. The van der Waals surface area contributed by atoms with E-state index in [9.17, 15) is 0 Å². The van der Waals surface area contributed by atoms with Gasteiger partial charge in [-0.05, 0) is 38.4 Å². The molecule has 0 aromatic carbocycles. The molecule has 5 heteroatoms. The number of aromatic nitrogens is 2. The first-order valence-corrected chi connectivity index (χ1v) is 8.28. The Balaban J connectivity index is 1.68. The third-order valence-electron chi connectivity index (χ3n) is 3.91. The van der Waals surface area contributed by atoms with Crippen LogP contribution < -0.4 is 11.1 Å². The fourth-order valence-corrected chi connectivity index (χ4v) is 3.67. The highest BCUT2D eigenvalue weighted by molar-refractivity contribution is 7.99. The van der Waals surface area contributed by atoms with Crippen molar-refractivity contribution in [1.29, 1.82) is 0 Å². The standard InChI is InChI=1S/C14H22N4S/c1-9-12(15)17-14(10-5-6-10)18-13(9)16-8-11-4-2-3-7-19-11/h10-11H,2-8H2,1H3,(H3,15,16,17,18). The van der Waals surface area contributed by atoms with Crippen molar-refractivity contribution in [2.75, 3.05) is 23.3 Å². The summed E-state index contributed by atoms with van der Waals surface area (Å²) >= 11 is 2.08. The summed E-state index contributed by atoms with van der Waals surface area (Å²) in [5, 5.41) is 4.21. The summed E-state index contributed by atoms with van der Waals surface area (Å²) in [6.45, 7) is 2.99. The molecule has 4 nitrogen and oxygen atoms in total. The molecule has 0 spiro atoms. The number of anilines is 2. The predicted octanol–water partition coefficient (Wildman–Crippen LogP) is 2.94. The zero-order valence-electron chi connectivity index (χ0n) is 11.5. The second-order valence-corrected chi connectivity index (χ2v) is 6.99. The number of hydrogen-bond acceptors (Lipinski definition) is 5. The van der Waals surface area contributed by atoms with Gasteiger partial charge in [-0.15, -0.1) is 0 Å². The zero-order valence-corrected chi connectivity index (χ0v) is 12.3. The molecule has 1 saturated carbocycles. The van der Waals surface area contributed by atoms with E-state index in [1.165, 1.54) is 37.9 Å². The lowest BCUT2D eigenvalue weighted by molar-refractivity contribution is 0.676. The van der Waals surface area contributed by atoms with E-state index in [1.807, 2.05) is 6.92 Å². The van der Waals surface area contributed by atoms with Crippen LogP contribution in [0.25, 0.3) is 0 Å². The molecular formula is C14H22N4S. The molecule has 2 heterocycles. The van der Waals surface area contributed by atoms with Crippen LogP contribution in [0.1, 0.15) is 49.4 Å². The van der Waals surface area contributed by atoms with E-state index >= 15 is 0 Å². The molecule has 1 unspecified atom stereocenters. The summed E-state index contributed by atoms with van der Waals surface area (Å²) in [7, 11) is 0. The molecular weight excluding hydrogens is 256 g/mol.